The molecular weight excluding hydrogens is 236 g/mol. The fourth-order valence-electron chi connectivity index (χ4n) is 1.58. The van der Waals surface area contributed by atoms with Crippen LogP contribution in [-0.4, -0.2) is 6.61 Å². The van der Waals surface area contributed by atoms with Gasteiger partial charge in [0.1, 0.15) is 5.75 Å². The summed E-state index contributed by atoms with van der Waals surface area (Å²) in [5, 5.41) is 9.08. The van der Waals surface area contributed by atoms with Crippen molar-refractivity contribution in [3.8, 4) is 11.8 Å². The maximum atomic E-state index is 12.0. The fraction of sp³-hybridized carbons (Fsp3) is 0.364. The van der Waals surface area contributed by atoms with E-state index in [1.807, 2.05) is 0 Å². The quantitative estimate of drug-likeness (QED) is 0.814. The van der Waals surface area contributed by atoms with Crippen molar-refractivity contribution in [2.75, 3.05) is 0 Å². The van der Waals surface area contributed by atoms with E-state index in [0.717, 1.165) is 18.4 Å². The molecule has 0 amide bonds. The lowest BCUT2D eigenvalue weighted by atomic mass is 9.98. The second kappa shape index (κ2) is 3.91. The zero-order chi connectivity index (χ0) is 11.8. The van der Waals surface area contributed by atoms with Gasteiger partial charge in [-0.05, 0) is 30.5 Å². The van der Waals surface area contributed by atoms with Crippen LogP contribution in [0.2, 0.25) is 5.02 Å². The number of ether oxygens (including phenoxy) is 1. The van der Waals surface area contributed by atoms with Crippen molar-refractivity contribution in [1.29, 1.82) is 5.26 Å². The number of benzene rings is 1. The van der Waals surface area contributed by atoms with Crippen LogP contribution >= 0.6 is 11.6 Å². The fourth-order valence-corrected chi connectivity index (χ4v) is 1.81. The zero-order valence-electron chi connectivity index (χ0n) is 8.21. The Morgan fingerprint density at radius 2 is 2.12 bits per heavy atom. The highest BCUT2D eigenvalue weighted by Crippen LogP contribution is 2.48. The molecule has 2 nitrogen and oxygen atoms in total. The van der Waals surface area contributed by atoms with Crippen molar-refractivity contribution < 1.29 is 13.5 Å². The second-order valence-corrected chi connectivity index (χ2v) is 4.12. The lowest BCUT2D eigenvalue weighted by Crippen LogP contribution is -2.05. The molecule has 0 N–H and O–H groups in total. The van der Waals surface area contributed by atoms with E-state index in [2.05, 4.69) is 10.8 Å². The number of hydrogen-bond acceptors (Lipinski definition) is 2. The molecule has 5 heteroatoms. The molecule has 1 aliphatic carbocycles. The maximum Gasteiger partial charge on any atom is 0.387 e. The third-order valence-electron chi connectivity index (χ3n) is 2.66. The summed E-state index contributed by atoms with van der Waals surface area (Å²) in [4.78, 5) is 0. The molecule has 0 unspecified atom stereocenters. The first-order chi connectivity index (χ1) is 7.57. The Morgan fingerprint density at radius 3 is 2.56 bits per heavy atom. The lowest BCUT2D eigenvalue weighted by molar-refractivity contribution is -0.0497. The van der Waals surface area contributed by atoms with Gasteiger partial charge in [-0.25, -0.2) is 0 Å². The van der Waals surface area contributed by atoms with Crippen LogP contribution in [-0.2, 0) is 5.41 Å². The van der Waals surface area contributed by atoms with Gasteiger partial charge in [0.2, 0.25) is 0 Å². The van der Waals surface area contributed by atoms with Crippen LogP contribution in [0.25, 0.3) is 0 Å². The van der Waals surface area contributed by atoms with Crippen molar-refractivity contribution in [2.45, 2.75) is 24.9 Å². The molecule has 1 fully saturated rings. The average Bonchev–Trinajstić information content (AvgIpc) is 3.01. The molecule has 0 radical (unpaired) electrons. The van der Waals surface area contributed by atoms with Gasteiger partial charge in [0.25, 0.3) is 0 Å². The number of nitriles is 1. The molecule has 0 aliphatic heterocycles. The number of rotatable bonds is 3. The Morgan fingerprint density at radius 1 is 1.44 bits per heavy atom. The Balaban J connectivity index is 2.27. The van der Waals surface area contributed by atoms with E-state index in [9.17, 15) is 8.78 Å². The summed E-state index contributed by atoms with van der Waals surface area (Å²) >= 11 is 5.80. The zero-order valence-corrected chi connectivity index (χ0v) is 8.97. The molecule has 1 saturated carbocycles. The molecule has 2 rings (SSSR count). The van der Waals surface area contributed by atoms with Crippen molar-refractivity contribution in [3.05, 3.63) is 28.8 Å². The standard InChI is InChI=1S/C11H8ClF2NO/c12-8-5-7(11(6-15)3-4-11)1-2-9(8)16-10(13)14/h1-2,5,10H,3-4H2. The average molecular weight is 244 g/mol. The second-order valence-electron chi connectivity index (χ2n) is 3.72. The van der Waals surface area contributed by atoms with E-state index in [4.69, 9.17) is 16.9 Å². The summed E-state index contributed by atoms with van der Waals surface area (Å²) in [6, 6.07) is 6.72. The van der Waals surface area contributed by atoms with E-state index in [1.165, 1.54) is 12.1 Å². The SMILES string of the molecule is N#CC1(c2ccc(OC(F)F)c(Cl)c2)CC1. The molecule has 0 saturated heterocycles. The van der Waals surface area contributed by atoms with Crippen LogP contribution in [0.4, 0.5) is 8.78 Å². The van der Waals surface area contributed by atoms with E-state index < -0.39 is 12.0 Å². The van der Waals surface area contributed by atoms with E-state index in [1.54, 1.807) is 6.07 Å². The maximum absolute atomic E-state index is 12.0. The van der Waals surface area contributed by atoms with Crippen molar-refractivity contribution in [1.82, 2.24) is 0 Å². The van der Waals surface area contributed by atoms with Crippen LogP contribution in [0.5, 0.6) is 5.75 Å². The van der Waals surface area contributed by atoms with Crippen LogP contribution in [0.15, 0.2) is 18.2 Å². The van der Waals surface area contributed by atoms with Gasteiger partial charge in [0.05, 0.1) is 16.5 Å². The summed E-state index contributed by atoms with van der Waals surface area (Å²) in [5.41, 5.74) is 0.300. The van der Waals surface area contributed by atoms with E-state index in [-0.39, 0.29) is 10.8 Å². The summed E-state index contributed by atoms with van der Waals surface area (Å²) in [7, 11) is 0. The highest BCUT2D eigenvalue weighted by atomic mass is 35.5. The molecule has 0 atom stereocenters. The summed E-state index contributed by atoms with van der Waals surface area (Å²) in [5.74, 6) is -0.0610. The Bertz CT molecular complexity index is 452. The van der Waals surface area contributed by atoms with Gasteiger partial charge < -0.3 is 4.74 Å². The van der Waals surface area contributed by atoms with E-state index >= 15 is 0 Å². The van der Waals surface area contributed by atoms with Gasteiger partial charge in [-0.3, -0.25) is 0 Å². The number of halogens is 3. The molecule has 0 heterocycles. The van der Waals surface area contributed by atoms with Crippen molar-refractivity contribution in [2.24, 2.45) is 0 Å². The van der Waals surface area contributed by atoms with Gasteiger partial charge >= 0.3 is 6.61 Å². The summed E-state index contributed by atoms with van der Waals surface area (Å²) in [6.07, 6.45) is 1.57. The monoisotopic (exact) mass is 243 g/mol. The van der Waals surface area contributed by atoms with E-state index in [0.29, 0.717) is 0 Å². The Hall–Kier alpha value is -1.34. The minimum Gasteiger partial charge on any atom is -0.433 e. The first-order valence-corrected chi connectivity index (χ1v) is 5.11. The van der Waals surface area contributed by atoms with Gasteiger partial charge in [0.15, 0.2) is 0 Å². The number of nitrogens with zero attached hydrogens (tertiary/aromatic N) is 1. The van der Waals surface area contributed by atoms with Gasteiger partial charge in [-0.1, -0.05) is 17.7 Å². The predicted octanol–water partition coefficient (Wildman–Crippen LogP) is 3.50. The molecule has 1 aromatic carbocycles. The van der Waals surface area contributed by atoms with Crippen molar-refractivity contribution >= 4 is 11.6 Å². The lowest BCUT2D eigenvalue weighted by Gasteiger charge is -2.10. The minimum atomic E-state index is -2.89. The van der Waals surface area contributed by atoms with Crippen molar-refractivity contribution in [3.63, 3.8) is 0 Å². The van der Waals surface area contributed by atoms with Crippen LogP contribution in [0.1, 0.15) is 18.4 Å². The van der Waals surface area contributed by atoms with Gasteiger partial charge in [-0.2, -0.15) is 14.0 Å². The molecule has 0 aromatic heterocycles. The molecular formula is C11H8ClF2NO. The van der Waals surface area contributed by atoms with Gasteiger partial charge in [-0.15, -0.1) is 0 Å². The van der Waals surface area contributed by atoms with Crippen LogP contribution < -0.4 is 4.74 Å². The molecule has 0 bridgehead atoms. The van der Waals surface area contributed by atoms with Crippen LogP contribution in [0.3, 0.4) is 0 Å². The minimum absolute atomic E-state index is 0.0610. The number of alkyl halides is 2. The molecule has 84 valence electrons. The third kappa shape index (κ3) is 1.96. The normalized spacial score (nSPS) is 16.9. The molecule has 1 aromatic rings. The van der Waals surface area contributed by atoms with Crippen LogP contribution in [0, 0.1) is 11.3 Å². The smallest absolute Gasteiger partial charge is 0.387 e. The highest BCUT2D eigenvalue weighted by Gasteiger charge is 2.45. The first kappa shape index (κ1) is 11.2. The topological polar surface area (TPSA) is 33.0 Å². The van der Waals surface area contributed by atoms with Gasteiger partial charge in [0, 0.05) is 0 Å². The number of hydrogen-bond donors (Lipinski definition) is 0. The summed E-state index contributed by atoms with van der Waals surface area (Å²) < 4.78 is 28.2. The third-order valence-corrected chi connectivity index (χ3v) is 2.96. The largest absolute Gasteiger partial charge is 0.433 e. The Kier molecular flexibility index (Phi) is 2.73. The molecule has 0 spiro atoms. The Labute approximate surface area is 96.4 Å². The molecule has 1 aliphatic rings. The predicted molar refractivity (Wildman–Crippen MR) is 54.6 cm³/mol. The molecule has 16 heavy (non-hydrogen) atoms. The first-order valence-electron chi connectivity index (χ1n) is 4.73. The highest BCUT2D eigenvalue weighted by molar-refractivity contribution is 6.32. The summed E-state index contributed by atoms with van der Waals surface area (Å²) in [6.45, 7) is -2.89.